The molecule has 1 heterocycles. The number of carbonyl (C=O) groups is 3. The lowest BCUT2D eigenvalue weighted by atomic mass is 10.0. The van der Waals surface area contributed by atoms with Crippen molar-refractivity contribution in [3.05, 3.63) is 71.8 Å². The first kappa shape index (κ1) is 20.4. The van der Waals surface area contributed by atoms with Crippen LogP contribution in [0, 0.1) is 0 Å². The van der Waals surface area contributed by atoms with Crippen LogP contribution in [-0.4, -0.2) is 46.6 Å². The highest BCUT2D eigenvalue weighted by Crippen LogP contribution is 2.19. The summed E-state index contributed by atoms with van der Waals surface area (Å²) >= 11 is 0. The van der Waals surface area contributed by atoms with E-state index in [4.69, 9.17) is 4.74 Å². The van der Waals surface area contributed by atoms with Crippen molar-refractivity contribution in [2.45, 2.75) is 38.0 Å². The molecule has 3 rings (SSSR count). The second-order valence-electron chi connectivity index (χ2n) is 6.98. The number of hydrogen-bond donors (Lipinski definition) is 2. The van der Waals surface area contributed by atoms with Gasteiger partial charge in [-0.3, -0.25) is 4.79 Å². The zero-order valence-corrected chi connectivity index (χ0v) is 16.0. The molecule has 1 fully saturated rings. The number of carboxylic acid groups (broad SMARTS) is 1. The van der Waals surface area contributed by atoms with Gasteiger partial charge in [-0.1, -0.05) is 60.7 Å². The molecule has 7 nitrogen and oxygen atoms in total. The molecule has 1 aliphatic heterocycles. The number of likely N-dealkylation sites (tertiary alicyclic amines) is 1. The standard InChI is InChI=1S/C22H24N2O5/c25-20(24-13-7-12-19(24)21(26)27)18(14-16-8-3-1-4-9-16)23-22(28)29-15-17-10-5-2-6-11-17/h1-6,8-11,18-19H,7,12-15H2,(H,23,28)(H,26,27)/t18-,19-/m1/s1. The van der Waals surface area contributed by atoms with E-state index in [2.05, 4.69) is 5.32 Å². The summed E-state index contributed by atoms with van der Waals surface area (Å²) in [7, 11) is 0. The largest absolute Gasteiger partial charge is 0.480 e. The van der Waals surface area contributed by atoms with E-state index in [1.807, 2.05) is 60.7 Å². The number of amides is 2. The summed E-state index contributed by atoms with van der Waals surface area (Å²) in [4.78, 5) is 38.2. The number of hydrogen-bond acceptors (Lipinski definition) is 4. The normalized spacial score (nSPS) is 16.8. The fourth-order valence-electron chi connectivity index (χ4n) is 3.44. The predicted molar refractivity (Wildman–Crippen MR) is 106 cm³/mol. The summed E-state index contributed by atoms with van der Waals surface area (Å²) in [6.45, 7) is 0.447. The highest BCUT2D eigenvalue weighted by Gasteiger charge is 2.37. The molecule has 0 saturated carbocycles. The predicted octanol–water partition coefficient (Wildman–Crippen LogP) is 2.60. The number of ether oxygens (including phenoxy) is 1. The van der Waals surface area contributed by atoms with Crippen molar-refractivity contribution in [1.29, 1.82) is 0 Å². The topological polar surface area (TPSA) is 95.9 Å². The number of carboxylic acids is 1. The van der Waals surface area contributed by atoms with Gasteiger partial charge in [-0.25, -0.2) is 9.59 Å². The maximum absolute atomic E-state index is 13.1. The fourth-order valence-corrected chi connectivity index (χ4v) is 3.44. The molecule has 0 bridgehead atoms. The number of alkyl carbamates (subject to hydrolysis) is 1. The van der Waals surface area contributed by atoms with Gasteiger partial charge < -0.3 is 20.1 Å². The fraction of sp³-hybridized carbons (Fsp3) is 0.318. The minimum atomic E-state index is -1.03. The molecule has 152 valence electrons. The highest BCUT2D eigenvalue weighted by molar-refractivity contribution is 5.90. The van der Waals surface area contributed by atoms with Crippen molar-refractivity contribution in [3.8, 4) is 0 Å². The Balaban J connectivity index is 1.69. The van der Waals surface area contributed by atoms with Gasteiger partial charge in [0.1, 0.15) is 18.7 Å². The summed E-state index contributed by atoms with van der Waals surface area (Å²) in [6.07, 6.45) is 0.578. The lowest BCUT2D eigenvalue weighted by molar-refractivity contribution is -0.148. The van der Waals surface area contributed by atoms with Crippen LogP contribution in [0.2, 0.25) is 0 Å². The van der Waals surface area contributed by atoms with Crippen molar-refractivity contribution >= 4 is 18.0 Å². The Hall–Kier alpha value is -3.35. The summed E-state index contributed by atoms with van der Waals surface area (Å²) < 4.78 is 5.25. The molecule has 2 N–H and O–H groups in total. The highest BCUT2D eigenvalue weighted by atomic mass is 16.5. The van der Waals surface area contributed by atoms with E-state index >= 15 is 0 Å². The summed E-state index contributed by atoms with van der Waals surface area (Å²) in [5, 5.41) is 12.0. The minimum Gasteiger partial charge on any atom is -0.480 e. The van der Waals surface area contributed by atoms with E-state index in [1.54, 1.807) is 0 Å². The van der Waals surface area contributed by atoms with Gasteiger partial charge >= 0.3 is 12.1 Å². The lowest BCUT2D eigenvalue weighted by Crippen LogP contribution is -2.52. The average molecular weight is 396 g/mol. The van der Waals surface area contributed by atoms with Crippen LogP contribution in [0.4, 0.5) is 4.79 Å². The Labute approximate surface area is 169 Å². The van der Waals surface area contributed by atoms with Gasteiger partial charge in [0, 0.05) is 13.0 Å². The van der Waals surface area contributed by atoms with Crippen LogP contribution < -0.4 is 5.32 Å². The van der Waals surface area contributed by atoms with Crippen molar-refractivity contribution in [3.63, 3.8) is 0 Å². The molecule has 0 unspecified atom stereocenters. The molecular weight excluding hydrogens is 372 g/mol. The van der Waals surface area contributed by atoms with E-state index in [9.17, 15) is 19.5 Å². The third kappa shape index (κ3) is 5.57. The van der Waals surface area contributed by atoms with Gasteiger partial charge in [-0.15, -0.1) is 0 Å². The van der Waals surface area contributed by atoms with Gasteiger partial charge in [-0.05, 0) is 24.0 Å². The van der Waals surface area contributed by atoms with Crippen molar-refractivity contribution in [1.82, 2.24) is 10.2 Å². The van der Waals surface area contributed by atoms with Crippen LogP contribution in [-0.2, 0) is 27.4 Å². The van der Waals surface area contributed by atoms with E-state index in [1.165, 1.54) is 4.90 Å². The number of carbonyl (C=O) groups excluding carboxylic acids is 2. The van der Waals surface area contributed by atoms with Gasteiger partial charge in [0.05, 0.1) is 0 Å². The summed E-state index contributed by atoms with van der Waals surface area (Å²) in [6, 6.07) is 16.7. The van der Waals surface area contributed by atoms with Crippen LogP contribution in [0.1, 0.15) is 24.0 Å². The first-order valence-corrected chi connectivity index (χ1v) is 9.59. The van der Waals surface area contributed by atoms with Crippen LogP contribution in [0.3, 0.4) is 0 Å². The van der Waals surface area contributed by atoms with Gasteiger partial charge in [-0.2, -0.15) is 0 Å². The van der Waals surface area contributed by atoms with Crippen LogP contribution >= 0.6 is 0 Å². The Morgan fingerprint density at radius 3 is 2.28 bits per heavy atom. The van der Waals surface area contributed by atoms with Crippen LogP contribution in [0.15, 0.2) is 60.7 Å². The van der Waals surface area contributed by atoms with E-state index in [0.717, 1.165) is 11.1 Å². The minimum absolute atomic E-state index is 0.0837. The van der Waals surface area contributed by atoms with Crippen LogP contribution in [0.5, 0.6) is 0 Å². The molecule has 1 saturated heterocycles. The Kier molecular flexibility index (Phi) is 6.84. The monoisotopic (exact) mass is 396 g/mol. The molecule has 0 radical (unpaired) electrons. The summed E-state index contributed by atoms with van der Waals surface area (Å²) in [5.41, 5.74) is 1.69. The molecule has 0 aromatic heterocycles. The smallest absolute Gasteiger partial charge is 0.408 e. The third-order valence-electron chi connectivity index (χ3n) is 4.91. The molecule has 2 amide bonds. The van der Waals surface area contributed by atoms with Crippen molar-refractivity contribution in [2.24, 2.45) is 0 Å². The van der Waals surface area contributed by atoms with Crippen molar-refractivity contribution < 1.29 is 24.2 Å². The number of nitrogens with one attached hydrogen (secondary N) is 1. The molecule has 2 aromatic carbocycles. The number of aliphatic carboxylic acids is 1. The van der Waals surface area contributed by atoms with E-state index in [0.29, 0.717) is 19.4 Å². The van der Waals surface area contributed by atoms with E-state index in [-0.39, 0.29) is 13.0 Å². The second-order valence-corrected chi connectivity index (χ2v) is 6.98. The molecule has 2 atom stereocenters. The van der Waals surface area contributed by atoms with Gasteiger partial charge in [0.25, 0.3) is 0 Å². The molecule has 29 heavy (non-hydrogen) atoms. The molecular formula is C22H24N2O5. The molecule has 0 aliphatic carbocycles. The zero-order valence-electron chi connectivity index (χ0n) is 16.0. The number of nitrogens with zero attached hydrogens (tertiary/aromatic N) is 1. The molecule has 1 aliphatic rings. The lowest BCUT2D eigenvalue weighted by Gasteiger charge is -2.27. The Morgan fingerprint density at radius 2 is 1.66 bits per heavy atom. The summed E-state index contributed by atoms with van der Waals surface area (Å²) in [5.74, 6) is -1.43. The first-order valence-electron chi connectivity index (χ1n) is 9.59. The average Bonchev–Trinajstić information content (AvgIpc) is 3.23. The number of rotatable bonds is 7. The van der Waals surface area contributed by atoms with Crippen molar-refractivity contribution in [2.75, 3.05) is 6.54 Å². The SMILES string of the molecule is O=C(N[C@H](Cc1ccccc1)C(=O)N1CCC[C@@H]1C(=O)O)OCc1ccccc1. The van der Waals surface area contributed by atoms with Crippen LogP contribution in [0.25, 0.3) is 0 Å². The van der Waals surface area contributed by atoms with Gasteiger partial charge in [0.15, 0.2) is 0 Å². The third-order valence-corrected chi connectivity index (χ3v) is 4.91. The quantitative estimate of drug-likeness (QED) is 0.750. The molecule has 2 aromatic rings. The first-order chi connectivity index (χ1) is 14.0. The maximum Gasteiger partial charge on any atom is 0.408 e. The molecule has 0 spiro atoms. The maximum atomic E-state index is 13.1. The Morgan fingerprint density at radius 1 is 1.03 bits per heavy atom. The number of benzene rings is 2. The zero-order chi connectivity index (χ0) is 20.6. The Bertz CT molecular complexity index is 841. The molecule has 7 heteroatoms. The van der Waals surface area contributed by atoms with E-state index < -0.39 is 30.1 Å². The van der Waals surface area contributed by atoms with Gasteiger partial charge in [0.2, 0.25) is 5.91 Å². The second kappa shape index (κ2) is 9.73.